The van der Waals surface area contributed by atoms with Crippen molar-refractivity contribution in [2.24, 2.45) is 0 Å². The zero-order valence-corrected chi connectivity index (χ0v) is 41.2. The van der Waals surface area contributed by atoms with E-state index < -0.39 is 12.1 Å². The number of carbonyl (C=O) groups is 2. The molecule has 0 aliphatic heterocycles. The molecule has 0 aliphatic carbocycles. The van der Waals surface area contributed by atoms with Crippen molar-refractivity contribution in [1.29, 1.82) is 0 Å². The molecule has 362 valence electrons. The van der Waals surface area contributed by atoms with Crippen LogP contribution in [0.15, 0.2) is 12.2 Å². The van der Waals surface area contributed by atoms with Gasteiger partial charge in [0.1, 0.15) is 0 Å². The standard InChI is InChI=1S/C55H107NO5/c1-3-5-7-9-11-13-15-17-18-19-20-21-22-23-24-25-27-28-31-35-39-43-47-53(58)52(51-57)56-54(59)48-44-40-36-32-30-34-38-42-46-50-61-55(60)49-45-41-37-33-29-26-16-14-12-10-8-6-4-2/h32,36,52-53,57-58H,3-31,33-35,37-51H2,1-2H3,(H,56,59)/b36-32-. The van der Waals surface area contributed by atoms with E-state index in [9.17, 15) is 19.8 Å². The molecule has 61 heavy (non-hydrogen) atoms. The third-order valence-electron chi connectivity index (χ3n) is 12.8. The van der Waals surface area contributed by atoms with Crippen LogP contribution in [0.2, 0.25) is 0 Å². The summed E-state index contributed by atoms with van der Waals surface area (Å²) in [4.78, 5) is 24.5. The third-order valence-corrected chi connectivity index (χ3v) is 12.8. The van der Waals surface area contributed by atoms with Crippen LogP contribution in [-0.2, 0) is 14.3 Å². The Hall–Kier alpha value is -1.40. The van der Waals surface area contributed by atoms with Crippen LogP contribution in [0.3, 0.4) is 0 Å². The van der Waals surface area contributed by atoms with Gasteiger partial charge in [-0.3, -0.25) is 9.59 Å². The molecular formula is C55H107NO5. The highest BCUT2D eigenvalue weighted by Gasteiger charge is 2.20. The van der Waals surface area contributed by atoms with E-state index in [1.165, 1.54) is 199 Å². The number of hydrogen-bond donors (Lipinski definition) is 3. The van der Waals surface area contributed by atoms with Crippen molar-refractivity contribution in [2.75, 3.05) is 13.2 Å². The van der Waals surface area contributed by atoms with E-state index in [-0.39, 0.29) is 18.5 Å². The Morgan fingerprint density at radius 3 is 1.20 bits per heavy atom. The lowest BCUT2D eigenvalue weighted by atomic mass is 10.0. The van der Waals surface area contributed by atoms with Crippen LogP contribution in [-0.4, -0.2) is 47.4 Å². The van der Waals surface area contributed by atoms with Crippen LogP contribution in [0.4, 0.5) is 0 Å². The van der Waals surface area contributed by atoms with Gasteiger partial charge >= 0.3 is 5.97 Å². The Labute approximate surface area is 380 Å². The monoisotopic (exact) mass is 862 g/mol. The summed E-state index contributed by atoms with van der Waals surface area (Å²) >= 11 is 0. The van der Waals surface area contributed by atoms with Gasteiger partial charge < -0.3 is 20.3 Å². The first-order chi connectivity index (χ1) is 30.0. The molecule has 0 aromatic heterocycles. The molecule has 0 aromatic carbocycles. The highest BCUT2D eigenvalue weighted by atomic mass is 16.5. The predicted molar refractivity (Wildman–Crippen MR) is 264 cm³/mol. The number of hydrogen-bond acceptors (Lipinski definition) is 5. The topological polar surface area (TPSA) is 95.9 Å². The second kappa shape index (κ2) is 51.2. The molecule has 0 radical (unpaired) electrons. The number of allylic oxidation sites excluding steroid dienone is 2. The normalized spacial score (nSPS) is 12.7. The summed E-state index contributed by atoms with van der Waals surface area (Å²) < 4.78 is 5.44. The van der Waals surface area contributed by atoms with Gasteiger partial charge in [0.05, 0.1) is 25.4 Å². The minimum Gasteiger partial charge on any atom is -0.466 e. The summed E-state index contributed by atoms with van der Waals surface area (Å²) in [6, 6.07) is -0.578. The largest absolute Gasteiger partial charge is 0.466 e. The molecule has 0 saturated heterocycles. The van der Waals surface area contributed by atoms with Crippen molar-refractivity contribution in [1.82, 2.24) is 5.32 Å². The van der Waals surface area contributed by atoms with E-state index in [1.807, 2.05) is 0 Å². The average molecular weight is 862 g/mol. The average Bonchev–Trinajstić information content (AvgIpc) is 3.26. The fraction of sp³-hybridized carbons (Fsp3) is 0.927. The van der Waals surface area contributed by atoms with Crippen molar-refractivity contribution >= 4 is 11.9 Å². The maximum atomic E-state index is 12.5. The maximum absolute atomic E-state index is 12.5. The second-order valence-electron chi connectivity index (χ2n) is 18.9. The van der Waals surface area contributed by atoms with Gasteiger partial charge in [0.2, 0.25) is 5.91 Å². The Morgan fingerprint density at radius 1 is 0.443 bits per heavy atom. The number of amides is 1. The van der Waals surface area contributed by atoms with Crippen molar-refractivity contribution in [3.63, 3.8) is 0 Å². The van der Waals surface area contributed by atoms with E-state index in [1.54, 1.807) is 0 Å². The molecule has 0 heterocycles. The van der Waals surface area contributed by atoms with Crippen LogP contribution in [0.25, 0.3) is 0 Å². The van der Waals surface area contributed by atoms with Crippen LogP contribution < -0.4 is 5.32 Å². The summed E-state index contributed by atoms with van der Waals surface area (Å²) in [5.41, 5.74) is 0. The van der Waals surface area contributed by atoms with Gasteiger partial charge in [-0.1, -0.05) is 257 Å². The van der Waals surface area contributed by atoms with Gasteiger partial charge in [-0.2, -0.15) is 0 Å². The maximum Gasteiger partial charge on any atom is 0.305 e. The smallest absolute Gasteiger partial charge is 0.305 e. The molecule has 0 saturated carbocycles. The van der Waals surface area contributed by atoms with Crippen molar-refractivity contribution in [3.05, 3.63) is 12.2 Å². The quantitative estimate of drug-likeness (QED) is 0.0322. The number of esters is 1. The molecular weight excluding hydrogens is 755 g/mol. The molecule has 0 rings (SSSR count). The number of carbonyl (C=O) groups excluding carboxylic acids is 2. The number of nitrogens with one attached hydrogen (secondary N) is 1. The van der Waals surface area contributed by atoms with Gasteiger partial charge in [-0.05, 0) is 44.9 Å². The molecule has 0 spiro atoms. The number of unbranched alkanes of at least 4 members (excludes halogenated alkanes) is 38. The van der Waals surface area contributed by atoms with E-state index in [0.717, 1.165) is 70.6 Å². The molecule has 2 atom stereocenters. The van der Waals surface area contributed by atoms with Crippen molar-refractivity contribution in [3.8, 4) is 0 Å². The molecule has 6 heteroatoms. The molecule has 2 unspecified atom stereocenters. The third kappa shape index (κ3) is 47.9. The van der Waals surface area contributed by atoms with Gasteiger partial charge in [-0.25, -0.2) is 0 Å². The van der Waals surface area contributed by atoms with E-state index >= 15 is 0 Å². The summed E-state index contributed by atoms with van der Waals surface area (Å²) in [6.07, 6.45) is 59.2. The van der Waals surface area contributed by atoms with Crippen LogP contribution in [0.1, 0.15) is 303 Å². The number of ether oxygens (including phenoxy) is 1. The lowest BCUT2D eigenvalue weighted by molar-refractivity contribution is -0.143. The number of aliphatic hydroxyl groups excluding tert-OH is 2. The van der Waals surface area contributed by atoms with E-state index in [2.05, 4.69) is 31.3 Å². The van der Waals surface area contributed by atoms with E-state index in [4.69, 9.17) is 4.74 Å². The first-order valence-corrected chi connectivity index (χ1v) is 27.4. The minimum absolute atomic E-state index is 0.0332. The Morgan fingerprint density at radius 2 is 0.787 bits per heavy atom. The van der Waals surface area contributed by atoms with Gasteiger partial charge in [-0.15, -0.1) is 0 Å². The van der Waals surface area contributed by atoms with E-state index in [0.29, 0.717) is 25.9 Å². The minimum atomic E-state index is -0.695. The molecule has 0 bridgehead atoms. The molecule has 3 N–H and O–H groups in total. The van der Waals surface area contributed by atoms with Crippen LogP contribution in [0.5, 0.6) is 0 Å². The lowest BCUT2D eigenvalue weighted by Crippen LogP contribution is -2.45. The van der Waals surface area contributed by atoms with Gasteiger partial charge in [0, 0.05) is 12.8 Å². The fourth-order valence-corrected chi connectivity index (χ4v) is 8.59. The Balaban J connectivity index is 3.51. The lowest BCUT2D eigenvalue weighted by Gasteiger charge is -2.22. The zero-order chi connectivity index (χ0) is 44.4. The number of aliphatic hydroxyl groups is 2. The van der Waals surface area contributed by atoms with Gasteiger partial charge in [0.15, 0.2) is 0 Å². The number of rotatable bonds is 51. The highest BCUT2D eigenvalue weighted by molar-refractivity contribution is 5.76. The second-order valence-corrected chi connectivity index (χ2v) is 18.9. The molecule has 6 nitrogen and oxygen atoms in total. The Kier molecular flexibility index (Phi) is 50.1. The van der Waals surface area contributed by atoms with Crippen molar-refractivity contribution in [2.45, 2.75) is 315 Å². The van der Waals surface area contributed by atoms with Crippen molar-refractivity contribution < 1.29 is 24.5 Å². The predicted octanol–water partition coefficient (Wildman–Crippen LogP) is 16.5. The molecule has 0 aliphatic rings. The molecule has 0 fully saturated rings. The highest BCUT2D eigenvalue weighted by Crippen LogP contribution is 2.17. The SMILES string of the molecule is CCCCCCCCCCCCCCCCCCCCCCCCC(O)C(CO)NC(=O)CCC/C=C\CCCCCCOC(=O)CCCCCCCCCCCCCCC. The fourth-order valence-electron chi connectivity index (χ4n) is 8.59. The summed E-state index contributed by atoms with van der Waals surface area (Å²) in [5, 5.41) is 23.3. The Bertz CT molecular complexity index is 909. The first kappa shape index (κ1) is 59.6. The summed E-state index contributed by atoms with van der Waals surface area (Å²) in [5.74, 6) is -0.125. The summed E-state index contributed by atoms with van der Waals surface area (Å²) in [6.45, 7) is 4.88. The molecule has 1 amide bonds. The summed E-state index contributed by atoms with van der Waals surface area (Å²) in [7, 11) is 0. The molecule has 0 aromatic rings. The zero-order valence-electron chi connectivity index (χ0n) is 41.2. The van der Waals surface area contributed by atoms with Gasteiger partial charge in [0.25, 0.3) is 0 Å². The van der Waals surface area contributed by atoms with Crippen LogP contribution in [0, 0.1) is 0 Å². The first-order valence-electron chi connectivity index (χ1n) is 27.4. The van der Waals surface area contributed by atoms with Crippen LogP contribution >= 0.6 is 0 Å².